The summed E-state index contributed by atoms with van der Waals surface area (Å²) in [6.07, 6.45) is 3.32. The summed E-state index contributed by atoms with van der Waals surface area (Å²) < 4.78 is 0. The predicted molar refractivity (Wildman–Crippen MR) is 100 cm³/mol. The van der Waals surface area contributed by atoms with Gasteiger partial charge in [0.15, 0.2) is 5.60 Å². The molecule has 8 heteroatoms. The van der Waals surface area contributed by atoms with Crippen LogP contribution in [-0.2, 0) is 5.60 Å². The lowest BCUT2D eigenvalue weighted by atomic mass is 10.1. The smallest absolute Gasteiger partial charge is 0.227 e. The number of benzene rings is 1. The largest absolute Gasteiger partial charge is 0.393 e. The average molecular weight is 372 g/mol. The molecule has 0 aliphatic rings. The Labute approximate surface area is 155 Å². The van der Waals surface area contributed by atoms with Crippen molar-refractivity contribution in [3.8, 4) is 10.4 Å². The van der Waals surface area contributed by atoms with Crippen LogP contribution < -0.4 is 5.32 Å². The van der Waals surface area contributed by atoms with E-state index >= 15 is 0 Å². The number of nitrogens with zero attached hydrogens (tertiary/aromatic N) is 3. The minimum atomic E-state index is -1.73. The van der Waals surface area contributed by atoms with Crippen LogP contribution in [0.1, 0.15) is 16.3 Å². The zero-order valence-corrected chi connectivity index (χ0v) is 15.3. The fraction of sp³-hybridized carbons (Fsp3) is 0.278. The quantitative estimate of drug-likeness (QED) is 0.524. The molecule has 3 rings (SSSR count). The number of hydrogen-bond donors (Lipinski definition) is 4. The van der Waals surface area contributed by atoms with Crippen molar-refractivity contribution in [2.75, 3.05) is 18.5 Å². The molecule has 7 nitrogen and oxygen atoms in total. The first kappa shape index (κ1) is 18.4. The topological polar surface area (TPSA) is 111 Å². The van der Waals surface area contributed by atoms with E-state index in [1.54, 1.807) is 12.4 Å². The Kier molecular flexibility index (Phi) is 5.28. The van der Waals surface area contributed by atoms with Crippen molar-refractivity contribution in [2.24, 2.45) is 0 Å². The summed E-state index contributed by atoms with van der Waals surface area (Å²) >= 11 is 1.23. The van der Waals surface area contributed by atoms with E-state index in [1.807, 2.05) is 38.1 Å². The maximum Gasteiger partial charge on any atom is 0.227 e. The van der Waals surface area contributed by atoms with Crippen molar-refractivity contribution in [2.45, 2.75) is 19.4 Å². The second-order valence-corrected chi connectivity index (χ2v) is 7.14. The molecule has 0 radical (unpaired) electrons. The Balaban J connectivity index is 1.92. The Morgan fingerprint density at radius 1 is 1.12 bits per heavy atom. The Hall–Kier alpha value is -2.39. The molecule has 0 bridgehead atoms. The fourth-order valence-corrected chi connectivity index (χ4v) is 3.42. The van der Waals surface area contributed by atoms with Crippen LogP contribution in [0, 0.1) is 13.8 Å². The van der Waals surface area contributed by atoms with Gasteiger partial charge in [-0.15, -0.1) is 11.3 Å². The van der Waals surface area contributed by atoms with Gasteiger partial charge >= 0.3 is 0 Å². The first-order chi connectivity index (χ1) is 12.4. The standard InChI is InChI=1S/C18H20N4O3S/c1-11-5-13(15-8-20-16(26-15)18(25,9-23)10-24)7-14(6-11)22-17-19-4-3-12(2)21-17/h3-8,23-25H,9-10H2,1-2H3,(H,19,21,22). The van der Waals surface area contributed by atoms with Gasteiger partial charge in [-0.2, -0.15) is 0 Å². The molecule has 4 N–H and O–H groups in total. The van der Waals surface area contributed by atoms with Crippen LogP contribution in [0.3, 0.4) is 0 Å². The highest BCUT2D eigenvalue weighted by Crippen LogP contribution is 2.34. The van der Waals surface area contributed by atoms with Crippen molar-refractivity contribution in [3.05, 3.63) is 52.9 Å². The maximum absolute atomic E-state index is 10.2. The van der Waals surface area contributed by atoms with E-state index in [9.17, 15) is 15.3 Å². The zero-order chi connectivity index (χ0) is 18.7. The van der Waals surface area contributed by atoms with E-state index in [0.29, 0.717) is 5.95 Å². The second-order valence-electron chi connectivity index (χ2n) is 6.11. The normalized spacial score (nSPS) is 11.6. The fourth-order valence-electron chi connectivity index (χ4n) is 2.44. The summed E-state index contributed by atoms with van der Waals surface area (Å²) in [4.78, 5) is 13.5. The second kappa shape index (κ2) is 7.46. The van der Waals surface area contributed by atoms with Gasteiger partial charge in [0.2, 0.25) is 5.95 Å². The van der Waals surface area contributed by atoms with Gasteiger partial charge in [0, 0.05) is 23.8 Å². The van der Waals surface area contributed by atoms with Gasteiger partial charge in [-0.25, -0.2) is 15.0 Å². The summed E-state index contributed by atoms with van der Waals surface area (Å²) in [6, 6.07) is 7.74. The predicted octanol–water partition coefficient (Wildman–Crippen LogP) is 2.13. The highest BCUT2D eigenvalue weighted by molar-refractivity contribution is 7.15. The van der Waals surface area contributed by atoms with Gasteiger partial charge < -0.3 is 20.6 Å². The Morgan fingerprint density at radius 3 is 2.58 bits per heavy atom. The molecular weight excluding hydrogens is 352 g/mol. The van der Waals surface area contributed by atoms with Crippen LogP contribution in [0.2, 0.25) is 0 Å². The zero-order valence-electron chi connectivity index (χ0n) is 14.5. The molecule has 0 atom stereocenters. The van der Waals surface area contributed by atoms with E-state index < -0.39 is 18.8 Å². The summed E-state index contributed by atoms with van der Waals surface area (Å²) in [5, 5.41) is 32.3. The number of rotatable bonds is 6. The van der Waals surface area contributed by atoms with Crippen molar-refractivity contribution < 1.29 is 15.3 Å². The molecule has 1 aromatic carbocycles. The van der Waals surface area contributed by atoms with E-state index in [2.05, 4.69) is 20.3 Å². The number of aromatic nitrogens is 3. The summed E-state index contributed by atoms with van der Waals surface area (Å²) in [5.74, 6) is 0.515. The minimum Gasteiger partial charge on any atom is -0.393 e. The lowest BCUT2D eigenvalue weighted by Gasteiger charge is -2.19. The van der Waals surface area contributed by atoms with Gasteiger partial charge in [0.05, 0.1) is 18.1 Å². The molecule has 0 spiro atoms. The molecule has 0 aliphatic carbocycles. The molecule has 0 saturated heterocycles. The van der Waals surface area contributed by atoms with Crippen LogP contribution in [0.5, 0.6) is 0 Å². The van der Waals surface area contributed by atoms with Crippen LogP contribution in [-0.4, -0.2) is 43.5 Å². The molecule has 26 heavy (non-hydrogen) atoms. The van der Waals surface area contributed by atoms with Gasteiger partial charge in [-0.05, 0) is 43.2 Å². The molecule has 136 valence electrons. The van der Waals surface area contributed by atoms with E-state index in [4.69, 9.17) is 0 Å². The third-order valence-electron chi connectivity index (χ3n) is 3.84. The van der Waals surface area contributed by atoms with Crippen molar-refractivity contribution in [1.82, 2.24) is 15.0 Å². The third kappa shape index (κ3) is 3.88. The number of nitrogens with one attached hydrogen (secondary N) is 1. The first-order valence-corrected chi connectivity index (χ1v) is 8.84. The number of aryl methyl sites for hydroxylation is 2. The number of anilines is 2. The molecule has 0 saturated carbocycles. The SMILES string of the molecule is Cc1cc(Nc2nccc(C)n2)cc(-c2cnc(C(O)(CO)CO)s2)c1. The molecule has 2 heterocycles. The van der Waals surface area contributed by atoms with E-state index in [0.717, 1.165) is 27.4 Å². The van der Waals surface area contributed by atoms with Crippen molar-refractivity contribution in [3.63, 3.8) is 0 Å². The number of hydrogen-bond acceptors (Lipinski definition) is 8. The molecule has 0 aliphatic heterocycles. The molecule has 0 amide bonds. The van der Waals surface area contributed by atoms with Gasteiger partial charge in [0.25, 0.3) is 0 Å². The Morgan fingerprint density at radius 2 is 1.88 bits per heavy atom. The summed E-state index contributed by atoms with van der Waals surface area (Å²) in [7, 11) is 0. The molecule has 0 unspecified atom stereocenters. The van der Waals surface area contributed by atoms with Crippen LogP contribution in [0.15, 0.2) is 36.7 Å². The average Bonchev–Trinajstić information content (AvgIpc) is 3.11. The van der Waals surface area contributed by atoms with E-state index in [1.165, 1.54) is 11.3 Å². The molecule has 2 aromatic heterocycles. The minimum absolute atomic E-state index is 0.274. The molecule has 0 fully saturated rings. The maximum atomic E-state index is 10.2. The van der Waals surface area contributed by atoms with Crippen LogP contribution in [0.4, 0.5) is 11.6 Å². The van der Waals surface area contributed by atoms with Crippen molar-refractivity contribution in [1.29, 1.82) is 0 Å². The highest BCUT2D eigenvalue weighted by atomic mass is 32.1. The van der Waals surface area contributed by atoms with Crippen LogP contribution >= 0.6 is 11.3 Å². The van der Waals surface area contributed by atoms with Crippen LogP contribution in [0.25, 0.3) is 10.4 Å². The first-order valence-electron chi connectivity index (χ1n) is 8.02. The lowest BCUT2D eigenvalue weighted by molar-refractivity contribution is -0.0599. The molecular formula is C18H20N4O3S. The third-order valence-corrected chi connectivity index (χ3v) is 5.08. The van der Waals surface area contributed by atoms with Gasteiger partial charge in [0.1, 0.15) is 5.01 Å². The number of aliphatic hydroxyl groups excluding tert-OH is 2. The summed E-state index contributed by atoms with van der Waals surface area (Å²) in [6.45, 7) is 2.69. The number of aliphatic hydroxyl groups is 3. The molecule has 3 aromatic rings. The Bertz CT molecular complexity index is 909. The number of thiazole rings is 1. The monoisotopic (exact) mass is 372 g/mol. The lowest BCUT2D eigenvalue weighted by Crippen LogP contribution is -2.34. The summed E-state index contributed by atoms with van der Waals surface area (Å²) in [5.41, 5.74) is 1.91. The van der Waals surface area contributed by atoms with Crippen molar-refractivity contribution >= 4 is 23.0 Å². The van der Waals surface area contributed by atoms with Gasteiger partial charge in [-0.1, -0.05) is 6.07 Å². The highest BCUT2D eigenvalue weighted by Gasteiger charge is 2.31. The van der Waals surface area contributed by atoms with Gasteiger partial charge in [-0.3, -0.25) is 0 Å². The van der Waals surface area contributed by atoms with E-state index in [-0.39, 0.29) is 5.01 Å².